The third-order valence-corrected chi connectivity index (χ3v) is 3.57. The molecule has 1 aromatic carbocycles. The Morgan fingerprint density at radius 1 is 1.38 bits per heavy atom. The molecule has 0 spiro atoms. The molecule has 1 aliphatic rings. The van der Waals surface area contributed by atoms with Gasteiger partial charge in [-0.2, -0.15) is 0 Å². The summed E-state index contributed by atoms with van der Waals surface area (Å²) in [4.78, 5) is 10.6. The van der Waals surface area contributed by atoms with Crippen LogP contribution in [0, 0.1) is 5.82 Å². The van der Waals surface area contributed by atoms with Crippen LogP contribution >= 0.6 is 15.9 Å². The Morgan fingerprint density at radius 2 is 2.06 bits per heavy atom. The largest absolute Gasteiger partial charge is 0.381 e. The summed E-state index contributed by atoms with van der Waals surface area (Å²) >= 11 is 3.22. The highest BCUT2D eigenvalue weighted by atomic mass is 79.9. The minimum atomic E-state index is -0.453. The van der Waals surface area contributed by atoms with Gasteiger partial charge in [0.2, 0.25) is 0 Å². The van der Waals surface area contributed by atoms with Crippen molar-refractivity contribution < 1.29 is 13.9 Å². The first-order chi connectivity index (χ1) is 7.72. The average Bonchev–Trinajstić information content (AvgIpc) is 2.30. The maximum absolute atomic E-state index is 13.6. The molecule has 0 radical (unpaired) electrons. The topological polar surface area (TPSA) is 26.3 Å². The van der Waals surface area contributed by atoms with E-state index in [1.807, 2.05) is 6.07 Å². The molecule has 0 saturated carbocycles. The van der Waals surface area contributed by atoms with Crippen LogP contribution in [0.15, 0.2) is 16.6 Å². The summed E-state index contributed by atoms with van der Waals surface area (Å²) in [6.45, 7) is 1.44. The molecule has 1 aromatic rings. The quantitative estimate of drug-likeness (QED) is 0.780. The standard InChI is InChI=1S/C12H12BrFO2/c13-11-5-9(6-12(14)10(11)7-15)8-1-3-16-4-2-8/h5-8H,1-4H2. The van der Waals surface area contributed by atoms with E-state index in [2.05, 4.69) is 15.9 Å². The molecule has 4 heteroatoms. The van der Waals surface area contributed by atoms with E-state index in [9.17, 15) is 9.18 Å². The normalized spacial score (nSPS) is 17.4. The number of halogens is 2. The summed E-state index contributed by atoms with van der Waals surface area (Å²) < 4.78 is 19.4. The third kappa shape index (κ3) is 2.33. The van der Waals surface area contributed by atoms with Crippen molar-refractivity contribution in [3.8, 4) is 0 Å². The van der Waals surface area contributed by atoms with Crippen LogP contribution in [0.1, 0.15) is 34.7 Å². The second-order valence-corrected chi connectivity index (χ2v) is 4.76. The van der Waals surface area contributed by atoms with Gasteiger partial charge in [-0.1, -0.05) is 0 Å². The van der Waals surface area contributed by atoms with E-state index >= 15 is 0 Å². The molecule has 16 heavy (non-hydrogen) atoms. The third-order valence-electron chi connectivity index (χ3n) is 2.91. The van der Waals surface area contributed by atoms with Crippen molar-refractivity contribution in [3.05, 3.63) is 33.5 Å². The van der Waals surface area contributed by atoms with Gasteiger partial charge in [0, 0.05) is 17.7 Å². The molecule has 2 rings (SSSR count). The molecule has 0 atom stereocenters. The zero-order valence-corrected chi connectivity index (χ0v) is 10.3. The summed E-state index contributed by atoms with van der Waals surface area (Å²) in [6, 6.07) is 3.30. The SMILES string of the molecule is O=Cc1c(F)cc(C2CCOCC2)cc1Br. The van der Waals surface area contributed by atoms with Gasteiger partial charge in [0.05, 0.1) is 5.56 Å². The van der Waals surface area contributed by atoms with Crippen LogP contribution in [0.3, 0.4) is 0 Å². The molecule has 0 aromatic heterocycles. The molecule has 0 unspecified atom stereocenters. The van der Waals surface area contributed by atoms with Gasteiger partial charge in [-0.3, -0.25) is 4.79 Å². The summed E-state index contributed by atoms with van der Waals surface area (Å²) in [7, 11) is 0. The molecule has 0 N–H and O–H groups in total. The Kier molecular flexibility index (Phi) is 3.71. The highest BCUT2D eigenvalue weighted by molar-refractivity contribution is 9.10. The molecule has 1 saturated heterocycles. The van der Waals surface area contributed by atoms with Gasteiger partial charge < -0.3 is 4.74 Å². The molecule has 2 nitrogen and oxygen atoms in total. The van der Waals surface area contributed by atoms with Gasteiger partial charge in [0.25, 0.3) is 0 Å². The van der Waals surface area contributed by atoms with Crippen molar-refractivity contribution >= 4 is 22.2 Å². The van der Waals surface area contributed by atoms with E-state index in [4.69, 9.17) is 4.74 Å². The second kappa shape index (κ2) is 5.06. The van der Waals surface area contributed by atoms with Gasteiger partial charge >= 0.3 is 0 Å². The fourth-order valence-corrected chi connectivity index (χ4v) is 2.53. The maximum atomic E-state index is 13.6. The van der Waals surface area contributed by atoms with Crippen LogP contribution < -0.4 is 0 Å². The lowest BCUT2D eigenvalue weighted by molar-refractivity contribution is 0.0852. The van der Waals surface area contributed by atoms with Crippen LogP contribution in [0.5, 0.6) is 0 Å². The van der Waals surface area contributed by atoms with E-state index in [0.29, 0.717) is 16.7 Å². The van der Waals surface area contributed by atoms with Crippen LogP contribution in [-0.4, -0.2) is 19.5 Å². The zero-order chi connectivity index (χ0) is 11.5. The highest BCUT2D eigenvalue weighted by Crippen LogP contribution is 2.31. The summed E-state index contributed by atoms with van der Waals surface area (Å²) in [5.74, 6) is -0.119. The van der Waals surface area contributed by atoms with Crippen molar-refractivity contribution in [1.29, 1.82) is 0 Å². The Balaban J connectivity index is 2.31. The van der Waals surface area contributed by atoms with E-state index in [-0.39, 0.29) is 5.56 Å². The molecule has 86 valence electrons. The lowest BCUT2D eigenvalue weighted by atomic mass is 9.91. The first-order valence-electron chi connectivity index (χ1n) is 5.24. The monoisotopic (exact) mass is 286 g/mol. The van der Waals surface area contributed by atoms with Gasteiger partial charge in [-0.05, 0) is 52.4 Å². The van der Waals surface area contributed by atoms with Crippen LogP contribution in [0.4, 0.5) is 4.39 Å². The number of hydrogen-bond donors (Lipinski definition) is 0. The van der Waals surface area contributed by atoms with Crippen LogP contribution in [0.2, 0.25) is 0 Å². The molecule has 1 heterocycles. The fourth-order valence-electron chi connectivity index (χ4n) is 1.98. The fraction of sp³-hybridized carbons (Fsp3) is 0.417. The average molecular weight is 287 g/mol. The minimum Gasteiger partial charge on any atom is -0.381 e. The number of rotatable bonds is 2. The molecule has 0 aliphatic carbocycles. The lowest BCUT2D eigenvalue weighted by Crippen LogP contribution is -2.14. The smallest absolute Gasteiger partial charge is 0.154 e. The minimum absolute atomic E-state index is 0.0933. The molecule has 0 amide bonds. The van der Waals surface area contributed by atoms with E-state index in [0.717, 1.165) is 31.6 Å². The van der Waals surface area contributed by atoms with Gasteiger partial charge in [-0.15, -0.1) is 0 Å². The Labute approximate surface area is 102 Å². The number of ether oxygens (including phenoxy) is 1. The number of aldehydes is 1. The summed E-state index contributed by atoms with van der Waals surface area (Å²) in [6.07, 6.45) is 2.35. The predicted octanol–water partition coefficient (Wildman–Crippen LogP) is 3.29. The Morgan fingerprint density at radius 3 is 2.62 bits per heavy atom. The first kappa shape index (κ1) is 11.7. The van der Waals surface area contributed by atoms with Crippen LogP contribution in [-0.2, 0) is 4.74 Å². The van der Waals surface area contributed by atoms with Gasteiger partial charge in [0.15, 0.2) is 6.29 Å². The number of carbonyl (C=O) groups is 1. The first-order valence-corrected chi connectivity index (χ1v) is 6.03. The van der Waals surface area contributed by atoms with Crippen molar-refractivity contribution in [1.82, 2.24) is 0 Å². The highest BCUT2D eigenvalue weighted by Gasteiger charge is 2.18. The van der Waals surface area contributed by atoms with Gasteiger partial charge in [0.1, 0.15) is 5.82 Å². The molecular weight excluding hydrogens is 275 g/mol. The number of hydrogen-bond acceptors (Lipinski definition) is 2. The molecule has 1 fully saturated rings. The maximum Gasteiger partial charge on any atom is 0.154 e. The molecular formula is C12H12BrFO2. The van der Waals surface area contributed by atoms with Crippen molar-refractivity contribution in [3.63, 3.8) is 0 Å². The lowest BCUT2D eigenvalue weighted by Gasteiger charge is -2.22. The van der Waals surface area contributed by atoms with E-state index in [1.54, 1.807) is 0 Å². The van der Waals surface area contributed by atoms with Crippen molar-refractivity contribution in [2.45, 2.75) is 18.8 Å². The number of carbonyl (C=O) groups excluding carboxylic acids is 1. The molecule has 0 bridgehead atoms. The Hall–Kier alpha value is -0.740. The van der Waals surface area contributed by atoms with Gasteiger partial charge in [-0.25, -0.2) is 4.39 Å². The number of benzene rings is 1. The van der Waals surface area contributed by atoms with E-state index < -0.39 is 5.82 Å². The second-order valence-electron chi connectivity index (χ2n) is 3.90. The Bertz CT molecular complexity index is 377. The predicted molar refractivity (Wildman–Crippen MR) is 62.3 cm³/mol. The van der Waals surface area contributed by atoms with E-state index in [1.165, 1.54) is 6.07 Å². The molecule has 1 aliphatic heterocycles. The summed E-state index contributed by atoms with van der Waals surface area (Å²) in [5.41, 5.74) is 1.04. The van der Waals surface area contributed by atoms with Crippen LogP contribution in [0.25, 0.3) is 0 Å². The summed E-state index contributed by atoms with van der Waals surface area (Å²) in [5, 5.41) is 0. The van der Waals surface area contributed by atoms with Crippen molar-refractivity contribution in [2.75, 3.05) is 13.2 Å². The van der Waals surface area contributed by atoms with Crippen molar-refractivity contribution in [2.24, 2.45) is 0 Å². The zero-order valence-electron chi connectivity index (χ0n) is 8.71.